The fourth-order valence-electron chi connectivity index (χ4n) is 3.62. The van der Waals surface area contributed by atoms with Crippen LogP contribution in [0.1, 0.15) is 20.3 Å². The third-order valence-electron chi connectivity index (χ3n) is 5.07. The first-order chi connectivity index (χ1) is 14.2. The summed E-state index contributed by atoms with van der Waals surface area (Å²) in [6.45, 7) is 6.57. The van der Waals surface area contributed by atoms with E-state index >= 15 is 0 Å². The van der Waals surface area contributed by atoms with Gasteiger partial charge < -0.3 is 15.1 Å². The van der Waals surface area contributed by atoms with Gasteiger partial charge >= 0.3 is 0 Å². The van der Waals surface area contributed by atoms with Crippen LogP contribution in [0.5, 0.6) is 0 Å². The van der Waals surface area contributed by atoms with Crippen molar-refractivity contribution in [3.63, 3.8) is 0 Å². The Bertz CT molecular complexity index is 1020. The number of rotatable bonds is 5. The highest BCUT2D eigenvalue weighted by Crippen LogP contribution is 2.34. The van der Waals surface area contributed by atoms with Gasteiger partial charge in [-0.25, -0.2) is 17.2 Å². The molecule has 2 aromatic rings. The lowest BCUT2D eigenvalue weighted by molar-refractivity contribution is -0.116. The van der Waals surface area contributed by atoms with Gasteiger partial charge in [0.25, 0.3) is 0 Å². The van der Waals surface area contributed by atoms with Crippen LogP contribution in [0.2, 0.25) is 0 Å². The molecule has 0 unspecified atom stereocenters. The van der Waals surface area contributed by atoms with Crippen molar-refractivity contribution in [1.82, 2.24) is 5.32 Å². The number of nitrogens with one attached hydrogen (secondary N) is 1. The Labute approximate surface area is 175 Å². The predicted molar refractivity (Wildman–Crippen MR) is 112 cm³/mol. The zero-order chi connectivity index (χ0) is 21.9. The van der Waals surface area contributed by atoms with E-state index < -0.39 is 26.4 Å². The Balaban J connectivity index is 2.16. The Morgan fingerprint density at radius 1 is 1.10 bits per heavy atom. The van der Waals surface area contributed by atoms with Gasteiger partial charge in [-0.15, -0.1) is 0 Å². The van der Waals surface area contributed by atoms with Gasteiger partial charge in [-0.05, 0) is 50.2 Å². The van der Waals surface area contributed by atoms with Crippen LogP contribution in [0.25, 0.3) is 0 Å². The zero-order valence-electron chi connectivity index (χ0n) is 17.0. The Morgan fingerprint density at radius 2 is 1.80 bits per heavy atom. The molecule has 2 aromatic carbocycles. The Hall–Kier alpha value is -2.52. The van der Waals surface area contributed by atoms with Crippen LogP contribution in [0.15, 0.2) is 46.2 Å². The van der Waals surface area contributed by atoms with E-state index in [4.69, 9.17) is 0 Å². The molecule has 0 bridgehead atoms. The first-order valence-electron chi connectivity index (χ1n) is 9.83. The smallest absolute Gasteiger partial charge is 0.223 e. The molecule has 162 valence electrons. The highest BCUT2D eigenvalue weighted by Gasteiger charge is 2.27. The van der Waals surface area contributed by atoms with Gasteiger partial charge in [-0.2, -0.15) is 0 Å². The van der Waals surface area contributed by atoms with Crippen LogP contribution in [0.3, 0.4) is 0 Å². The molecule has 1 amide bonds. The first-order valence-corrected chi connectivity index (χ1v) is 11.3. The zero-order valence-corrected chi connectivity index (χ0v) is 17.8. The van der Waals surface area contributed by atoms with E-state index in [9.17, 15) is 22.0 Å². The lowest BCUT2D eigenvalue weighted by Crippen LogP contribution is -2.31. The minimum Gasteiger partial charge on any atom is -0.370 e. The fraction of sp³-hybridized carbons (Fsp3) is 0.381. The van der Waals surface area contributed by atoms with E-state index in [0.29, 0.717) is 6.07 Å². The van der Waals surface area contributed by atoms with Gasteiger partial charge in [-0.1, -0.05) is 0 Å². The molecule has 3 rings (SSSR count). The molecule has 0 radical (unpaired) electrons. The number of hydrogen-bond acceptors (Lipinski definition) is 5. The standard InChI is InChI=1S/C21H25F2N3O3S/c1-3-26(15(2)27)20-14-18(25-9-4-7-24-8-10-25)5-6-21(20)30(28,29)19-12-16(22)11-17(23)13-19/h5-6,11-14,24H,3-4,7-10H2,1-2H3. The van der Waals surface area contributed by atoms with Crippen molar-refractivity contribution in [2.75, 3.05) is 42.5 Å². The van der Waals surface area contributed by atoms with Crippen molar-refractivity contribution in [2.45, 2.75) is 30.1 Å². The minimum absolute atomic E-state index is 0.166. The molecule has 0 saturated carbocycles. The van der Waals surface area contributed by atoms with Crippen molar-refractivity contribution >= 4 is 27.1 Å². The van der Waals surface area contributed by atoms with Gasteiger partial charge in [0, 0.05) is 44.9 Å². The second-order valence-electron chi connectivity index (χ2n) is 7.11. The largest absolute Gasteiger partial charge is 0.370 e. The number of sulfone groups is 1. The summed E-state index contributed by atoms with van der Waals surface area (Å²) in [5, 5.41) is 3.31. The molecule has 9 heteroatoms. The van der Waals surface area contributed by atoms with Gasteiger partial charge in [0.1, 0.15) is 11.6 Å². The van der Waals surface area contributed by atoms with Gasteiger partial charge in [0.15, 0.2) is 0 Å². The van der Waals surface area contributed by atoms with Crippen LogP contribution in [-0.4, -0.2) is 47.0 Å². The highest BCUT2D eigenvalue weighted by atomic mass is 32.2. The second-order valence-corrected chi connectivity index (χ2v) is 9.03. The lowest BCUT2D eigenvalue weighted by atomic mass is 10.2. The average Bonchev–Trinajstić information content (AvgIpc) is 2.97. The van der Waals surface area contributed by atoms with Crippen LogP contribution >= 0.6 is 0 Å². The van der Waals surface area contributed by atoms with Crippen LogP contribution in [0.4, 0.5) is 20.2 Å². The topological polar surface area (TPSA) is 69.7 Å². The fourth-order valence-corrected chi connectivity index (χ4v) is 5.10. The molecule has 0 aromatic heterocycles. The summed E-state index contributed by atoms with van der Waals surface area (Å²) in [4.78, 5) is 15.0. The number of amides is 1. The van der Waals surface area contributed by atoms with E-state index in [-0.39, 0.29) is 23.0 Å². The molecular weight excluding hydrogens is 412 g/mol. The quantitative estimate of drug-likeness (QED) is 0.779. The van der Waals surface area contributed by atoms with Gasteiger partial charge in [-0.3, -0.25) is 4.79 Å². The summed E-state index contributed by atoms with van der Waals surface area (Å²) in [7, 11) is -4.26. The maximum atomic E-state index is 13.7. The molecular formula is C21H25F2N3O3S. The molecule has 1 saturated heterocycles. The molecule has 0 atom stereocenters. The summed E-state index contributed by atoms with van der Waals surface area (Å²) in [6, 6.07) is 6.92. The van der Waals surface area contributed by atoms with Crippen molar-refractivity contribution < 1.29 is 22.0 Å². The molecule has 0 spiro atoms. The monoisotopic (exact) mass is 437 g/mol. The number of carbonyl (C=O) groups excluding carboxylic acids is 1. The molecule has 30 heavy (non-hydrogen) atoms. The van der Waals surface area contributed by atoms with Crippen LogP contribution in [0, 0.1) is 11.6 Å². The molecule has 1 aliphatic heterocycles. The molecule has 1 fully saturated rings. The molecule has 1 heterocycles. The normalized spacial score (nSPS) is 15.0. The third-order valence-corrected chi connectivity index (χ3v) is 6.85. The second kappa shape index (κ2) is 9.09. The van der Waals surface area contributed by atoms with Crippen LogP contribution < -0.4 is 15.1 Å². The average molecular weight is 438 g/mol. The number of benzene rings is 2. The van der Waals surface area contributed by atoms with Crippen molar-refractivity contribution in [3.8, 4) is 0 Å². The molecule has 1 aliphatic rings. The van der Waals surface area contributed by atoms with E-state index in [1.165, 1.54) is 17.9 Å². The number of halogens is 2. The van der Waals surface area contributed by atoms with Gasteiger partial charge in [0.05, 0.1) is 15.5 Å². The van der Waals surface area contributed by atoms with E-state index in [1.54, 1.807) is 19.1 Å². The SMILES string of the molecule is CCN(C(C)=O)c1cc(N2CCCNCC2)ccc1S(=O)(=O)c1cc(F)cc(F)c1. The maximum absolute atomic E-state index is 13.7. The highest BCUT2D eigenvalue weighted by molar-refractivity contribution is 7.91. The summed E-state index contributed by atoms with van der Waals surface area (Å²) in [5.41, 5.74) is 0.988. The van der Waals surface area contributed by atoms with Crippen LogP contribution in [-0.2, 0) is 14.6 Å². The van der Waals surface area contributed by atoms with E-state index in [0.717, 1.165) is 50.4 Å². The summed E-state index contributed by atoms with van der Waals surface area (Å²) < 4.78 is 53.9. The minimum atomic E-state index is -4.26. The van der Waals surface area contributed by atoms with E-state index in [2.05, 4.69) is 10.2 Å². The lowest BCUT2D eigenvalue weighted by Gasteiger charge is -2.27. The van der Waals surface area contributed by atoms with Crippen molar-refractivity contribution in [2.24, 2.45) is 0 Å². The summed E-state index contributed by atoms with van der Waals surface area (Å²) >= 11 is 0. The van der Waals surface area contributed by atoms with Crippen molar-refractivity contribution in [3.05, 3.63) is 48.0 Å². The summed E-state index contributed by atoms with van der Waals surface area (Å²) in [5.74, 6) is -2.29. The van der Waals surface area contributed by atoms with Gasteiger partial charge in [0.2, 0.25) is 15.7 Å². The van der Waals surface area contributed by atoms with Crippen molar-refractivity contribution in [1.29, 1.82) is 0 Å². The molecule has 1 N–H and O–H groups in total. The molecule has 6 nitrogen and oxygen atoms in total. The number of nitrogens with zero attached hydrogens (tertiary/aromatic N) is 2. The predicted octanol–water partition coefficient (Wildman–Crippen LogP) is 2.97. The summed E-state index contributed by atoms with van der Waals surface area (Å²) in [6.07, 6.45) is 0.933. The Morgan fingerprint density at radius 3 is 2.43 bits per heavy atom. The Kier molecular flexibility index (Phi) is 6.72. The first kappa shape index (κ1) is 22.2. The number of anilines is 2. The number of carbonyl (C=O) groups is 1. The third kappa shape index (κ3) is 4.62. The number of hydrogen-bond donors (Lipinski definition) is 1. The van der Waals surface area contributed by atoms with E-state index in [1.807, 2.05) is 0 Å². The maximum Gasteiger partial charge on any atom is 0.223 e. The molecule has 0 aliphatic carbocycles.